The minimum absolute atomic E-state index is 0.233. The molecule has 4 nitrogen and oxygen atoms in total. The molecule has 0 saturated heterocycles. The first-order chi connectivity index (χ1) is 15.8. The van der Waals surface area contributed by atoms with Gasteiger partial charge in [0.1, 0.15) is 0 Å². The Morgan fingerprint density at radius 1 is 0.438 bits per heavy atom. The van der Waals surface area contributed by atoms with Gasteiger partial charge in [0, 0.05) is 24.8 Å². The van der Waals surface area contributed by atoms with Gasteiger partial charge in [0.15, 0.2) is 0 Å². The summed E-state index contributed by atoms with van der Waals surface area (Å²) in [5.74, 6) is 0.982. The molecule has 5 rings (SSSR count). The van der Waals surface area contributed by atoms with Crippen molar-refractivity contribution in [1.29, 1.82) is 10.5 Å². The van der Waals surface area contributed by atoms with Crippen LogP contribution in [-0.2, 0) is 0 Å². The monoisotopic (exact) mass is 412 g/mol. The van der Waals surface area contributed by atoms with Crippen LogP contribution in [0.3, 0.4) is 0 Å². The molecule has 4 atom stereocenters. The van der Waals surface area contributed by atoms with E-state index in [1.807, 2.05) is 49.1 Å². The molecule has 32 heavy (non-hydrogen) atoms. The SMILES string of the molecule is N#Cc1ccc([C@H]2[C@H](c3ccncc3)[C@@H](c3ccncc3)[C@@H]2c2ccc(C#N)cc2)cc1. The van der Waals surface area contributed by atoms with Gasteiger partial charge in [-0.05, 0) is 94.5 Å². The maximum Gasteiger partial charge on any atom is 0.0991 e. The van der Waals surface area contributed by atoms with Gasteiger partial charge in [-0.1, -0.05) is 24.3 Å². The number of pyridine rings is 2. The predicted octanol–water partition coefficient (Wildman–Crippen LogP) is 5.67. The van der Waals surface area contributed by atoms with Crippen molar-refractivity contribution >= 4 is 0 Å². The third-order valence-corrected chi connectivity index (χ3v) is 6.58. The van der Waals surface area contributed by atoms with E-state index in [4.69, 9.17) is 0 Å². The van der Waals surface area contributed by atoms with Crippen molar-refractivity contribution in [2.24, 2.45) is 0 Å². The molecule has 4 heteroatoms. The lowest BCUT2D eigenvalue weighted by Crippen LogP contribution is -2.40. The summed E-state index contributed by atoms with van der Waals surface area (Å²) in [4.78, 5) is 8.45. The average molecular weight is 412 g/mol. The molecule has 0 bridgehead atoms. The van der Waals surface area contributed by atoms with Gasteiger partial charge in [0.25, 0.3) is 0 Å². The molecule has 2 heterocycles. The van der Waals surface area contributed by atoms with Crippen molar-refractivity contribution in [3.8, 4) is 12.1 Å². The highest BCUT2D eigenvalue weighted by Gasteiger charge is 2.52. The summed E-state index contributed by atoms with van der Waals surface area (Å²) in [5.41, 5.74) is 6.25. The molecule has 152 valence electrons. The van der Waals surface area contributed by atoms with E-state index >= 15 is 0 Å². The van der Waals surface area contributed by atoms with Crippen LogP contribution in [0, 0.1) is 22.7 Å². The van der Waals surface area contributed by atoms with Crippen LogP contribution in [0.5, 0.6) is 0 Å². The Morgan fingerprint density at radius 3 is 1.00 bits per heavy atom. The predicted molar refractivity (Wildman–Crippen MR) is 122 cm³/mol. The average Bonchev–Trinajstić information content (AvgIpc) is 2.86. The Bertz CT molecular complexity index is 1180. The first kappa shape index (κ1) is 19.7. The Hall–Kier alpha value is -4.28. The van der Waals surface area contributed by atoms with Crippen LogP contribution in [0.2, 0.25) is 0 Å². The van der Waals surface area contributed by atoms with Crippen molar-refractivity contribution in [1.82, 2.24) is 9.97 Å². The molecular weight excluding hydrogens is 392 g/mol. The largest absolute Gasteiger partial charge is 0.265 e. The highest BCUT2D eigenvalue weighted by molar-refractivity contribution is 5.49. The first-order valence-electron chi connectivity index (χ1n) is 10.6. The number of hydrogen-bond acceptors (Lipinski definition) is 4. The number of benzene rings is 2. The summed E-state index contributed by atoms with van der Waals surface area (Å²) < 4.78 is 0. The van der Waals surface area contributed by atoms with Gasteiger partial charge in [0.2, 0.25) is 0 Å². The zero-order valence-electron chi connectivity index (χ0n) is 17.3. The maximum absolute atomic E-state index is 9.25. The number of nitriles is 2. The van der Waals surface area contributed by atoms with Gasteiger partial charge in [-0.25, -0.2) is 0 Å². The van der Waals surface area contributed by atoms with E-state index in [1.165, 1.54) is 22.3 Å². The third kappa shape index (κ3) is 3.43. The molecule has 0 radical (unpaired) electrons. The zero-order chi connectivity index (χ0) is 21.9. The number of nitrogens with zero attached hydrogens (tertiary/aromatic N) is 4. The van der Waals surface area contributed by atoms with Crippen molar-refractivity contribution < 1.29 is 0 Å². The summed E-state index contributed by atoms with van der Waals surface area (Å²) in [6.45, 7) is 0. The van der Waals surface area contributed by atoms with Crippen LogP contribution in [0.4, 0.5) is 0 Å². The number of aromatic nitrogens is 2. The molecule has 1 saturated carbocycles. The minimum atomic E-state index is 0.233. The van der Waals surface area contributed by atoms with E-state index in [0.29, 0.717) is 11.1 Å². The third-order valence-electron chi connectivity index (χ3n) is 6.58. The molecular formula is C28H20N4. The van der Waals surface area contributed by atoms with E-state index < -0.39 is 0 Å². The van der Waals surface area contributed by atoms with Crippen molar-refractivity contribution in [3.05, 3.63) is 131 Å². The standard InChI is InChI=1S/C28H20N4/c29-17-19-1-5-21(6-2-19)25-26(22-7-3-20(18-30)4-8-22)28(24-11-15-32-16-12-24)27(25)23-9-13-31-14-10-23/h1-16,25-28H/t25-,26-,27+,28+/m1/s1. The van der Waals surface area contributed by atoms with Gasteiger partial charge in [0.05, 0.1) is 23.3 Å². The summed E-state index contributed by atoms with van der Waals surface area (Å²) >= 11 is 0. The van der Waals surface area contributed by atoms with Crippen LogP contribution in [-0.4, -0.2) is 9.97 Å². The fraction of sp³-hybridized carbons (Fsp3) is 0.143. The maximum atomic E-state index is 9.25. The molecule has 0 spiro atoms. The second kappa shape index (κ2) is 8.46. The molecule has 2 aromatic carbocycles. The van der Waals surface area contributed by atoms with Gasteiger partial charge >= 0.3 is 0 Å². The molecule has 0 N–H and O–H groups in total. The molecule has 1 fully saturated rings. The quantitative estimate of drug-likeness (QED) is 0.433. The normalized spacial score (nSPS) is 21.7. The highest BCUT2D eigenvalue weighted by atomic mass is 14.6. The molecule has 1 aliphatic carbocycles. The van der Waals surface area contributed by atoms with Crippen LogP contribution in [0.15, 0.2) is 97.6 Å². The van der Waals surface area contributed by atoms with E-state index in [0.717, 1.165) is 0 Å². The van der Waals surface area contributed by atoms with Gasteiger partial charge in [-0.2, -0.15) is 10.5 Å². The van der Waals surface area contributed by atoms with Crippen LogP contribution < -0.4 is 0 Å². The number of hydrogen-bond donors (Lipinski definition) is 0. The Balaban J connectivity index is 1.66. The van der Waals surface area contributed by atoms with Crippen molar-refractivity contribution in [2.75, 3.05) is 0 Å². The fourth-order valence-corrected chi connectivity index (χ4v) is 5.14. The van der Waals surface area contributed by atoms with E-state index in [-0.39, 0.29) is 23.7 Å². The topological polar surface area (TPSA) is 73.4 Å². The van der Waals surface area contributed by atoms with Gasteiger partial charge < -0.3 is 0 Å². The lowest BCUT2D eigenvalue weighted by atomic mass is 9.49. The Morgan fingerprint density at radius 2 is 0.719 bits per heavy atom. The second-order valence-electron chi connectivity index (χ2n) is 8.13. The van der Waals surface area contributed by atoms with E-state index in [2.05, 4.69) is 70.6 Å². The second-order valence-corrected chi connectivity index (χ2v) is 8.13. The van der Waals surface area contributed by atoms with Crippen LogP contribution >= 0.6 is 0 Å². The smallest absolute Gasteiger partial charge is 0.0991 e. The fourth-order valence-electron chi connectivity index (χ4n) is 5.14. The summed E-state index contributed by atoms with van der Waals surface area (Å²) in [7, 11) is 0. The van der Waals surface area contributed by atoms with E-state index in [9.17, 15) is 10.5 Å². The lowest BCUT2D eigenvalue weighted by Gasteiger charge is -2.53. The van der Waals surface area contributed by atoms with Crippen LogP contribution in [0.25, 0.3) is 0 Å². The molecule has 4 aromatic rings. The number of rotatable bonds is 4. The van der Waals surface area contributed by atoms with E-state index in [1.54, 1.807) is 0 Å². The van der Waals surface area contributed by atoms with Gasteiger partial charge in [-0.15, -0.1) is 0 Å². The Labute approximate surface area is 187 Å². The minimum Gasteiger partial charge on any atom is -0.265 e. The first-order valence-corrected chi connectivity index (χ1v) is 10.6. The van der Waals surface area contributed by atoms with Crippen LogP contribution in [0.1, 0.15) is 57.1 Å². The Kier molecular flexibility index (Phi) is 5.20. The molecule has 1 aliphatic rings. The summed E-state index contributed by atoms with van der Waals surface area (Å²) in [6.07, 6.45) is 7.40. The highest BCUT2D eigenvalue weighted by Crippen LogP contribution is 2.66. The molecule has 0 aliphatic heterocycles. The summed E-state index contributed by atoms with van der Waals surface area (Å²) in [6, 6.07) is 28.7. The van der Waals surface area contributed by atoms with Crippen molar-refractivity contribution in [3.63, 3.8) is 0 Å². The van der Waals surface area contributed by atoms with Gasteiger partial charge in [-0.3, -0.25) is 9.97 Å². The lowest BCUT2D eigenvalue weighted by molar-refractivity contribution is 0.228. The summed E-state index contributed by atoms with van der Waals surface area (Å²) in [5, 5.41) is 18.5. The molecule has 0 amide bonds. The molecule has 2 aromatic heterocycles. The van der Waals surface area contributed by atoms with Crippen molar-refractivity contribution in [2.45, 2.75) is 23.7 Å². The molecule has 0 unspecified atom stereocenters. The zero-order valence-corrected chi connectivity index (χ0v) is 17.3.